The van der Waals surface area contributed by atoms with Gasteiger partial charge < -0.3 is 10.1 Å². The number of nitrogens with one attached hydrogen (secondary N) is 1. The lowest BCUT2D eigenvalue weighted by Gasteiger charge is -2.17. The lowest BCUT2D eigenvalue weighted by atomic mass is 10.1. The maximum atomic E-state index is 12.5. The number of nitrogens with zero attached hydrogens (tertiary/aromatic N) is 2. The molecule has 0 saturated heterocycles. The Balaban J connectivity index is 1.98. The van der Waals surface area contributed by atoms with Crippen molar-refractivity contribution in [3.8, 4) is 0 Å². The second kappa shape index (κ2) is 10.2. The van der Waals surface area contributed by atoms with E-state index in [1.165, 1.54) is 11.8 Å². The minimum Gasteiger partial charge on any atom is -0.452 e. The molecule has 1 amide bonds. The van der Waals surface area contributed by atoms with Crippen LogP contribution in [-0.4, -0.2) is 34.5 Å². The van der Waals surface area contributed by atoms with Gasteiger partial charge in [0.2, 0.25) is 0 Å². The monoisotopic (exact) mass is 401 g/mol. The number of aromatic nitrogens is 2. The zero-order valence-electron chi connectivity index (χ0n) is 17.0. The van der Waals surface area contributed by atoms with Gasteiger partial charge in [-0.15, -0.1) is 0 Å². The van der Waals surface area contributed by atoms with Crippen LogP contribution in [0.4, 0.5) is 0 Å². The molecule has 1 aromatic heterocycles. The lowest BCUT2D eigenvalue weighted by molar-refractivity contribution is -0.125. The van der Waals surface area contributed by atoms with E-state index in [-0.39, 0.29) is 18.6 Å². The maximum Gasteiger partial charge on any atom is 0.338 e. The molecule has 0 aliphatic carbocycles. The highest BCUT2D eigenvalue weighted by atomic mass is 32.2. The van der Waals surface area contributed by atoms with Gasteiger partial charge in [0, 0.05) is 23.2 Å². The van der Waals surface area contributed by atoms with Gasteiger partial charge in [-0.25, -0.2) is 14.8 Å². The van der Waals surface area contributed by atoms with Gasteiger partial charge in [0.25, 0.3) is 5.91 Å². The zero-order valence-corrected chi connectivity index (χ0v) is 17.8. The Morgan fingerprint density at radius 1 is 1.11 bits per heavy atom. The molecule has 0 bridgehead atoms. The van der Waals surface area contributed by atoms with E-state index in [2.05, 4.69) is 15.3 Å². The molecule has 1 atom stereocenters. The van der Waals surface area contributed by atoms with Crippen molar-refractivity contribution in [3.63, 3.8) is 0 Å². The molecule has 0 spiro atoms. The Kier molecular flexibility index (Phi) is 7.99. The van der Waals surface area contributed by atoms with E-state index in [4.69, 9.17) is 4.74 Å². The van der Waals surface area contributed by atoms with Gasteiger partial charge in [-0.2, -0.15) is 0 Å². The minimum absolute atomic E-state index is 0.0210. The molecule has 1 N–H and O–H groups in total. The van der Waals surface area contributed by atoms with Crippen LogP contribution in [0.5, 0.6) is 0 Å². The molecule has 0 saturated carbocycles. The van der Waals surface area contributed by atoms with Gasteiger partial charge in [0.15, 0.2) is 11.8 Å². The average molecular weight is 402 g/mol. The molecule has 150 valence electrons. The number of benzene rings is 1. The first-order chi connectivity index (χ1) is 13.3. The summed E-state index contributed by atoms with van der Waals surface area (Å²) in [5.74, 6) is 0.0323. The summed E-state index contributed by atoms with van der Waals surface area (Å²) in [7, 11) is 0. The van der Waals surface area contributed by atoms with Crippen LogP contribution < -0.4 is 5.32 Å². The Hall–Kier alpha value is -2.41. The second-order valence-corrected chi connectivity index (χ2v) is 8.00. The largest absolute Gasteiger partial charge is 0.452 e. The zero-order chi connectivity index (χ0) is 20.7. The van der Waals surface area contributed by atoms with Gasteiger partial charge in [-0.05, 0) is 44.4 Å². The van der Waals surface area contributed by atoms with Gasteiger partial charge in [0.05, 0.1) is 5.56 Å². The van der Waals surface area contributed by atoms with E-state index >= 15 is 0 Å². The van der Waals surface area contributed by atoms with E-state index in [1.807, 2.05) is 52.8 Å². The first-order valence-corrected chi connectivity index (χ1v) is 10.2. The van der Waals surface area contributed by atoms with E-state index in [1.54, 1.807) is 12.1 Å². The van der Waals surface area contributed by atoms with E-state index in [0.29, 0.717) is 22.4 Å². The number of ether oxygens (including phenoxy) is 1. The SMILES string of the molecule is Cc1cc(C)nc(SCc2ccccc2C(=O)OCC(=O)N[C@@H](C)C(C)C)n1. The molecule has 2 aromatic rings. The Labute approximate surface area is 170 Å². The highest BCUT2D eigenvalue weighted by Gasteiger charge is 2.16. The van der Waals surface area contributed by atoms with Crippen molar-refractivity contribution in [1.82, 2.24) is 15.3 Å². The number of carbonyl (C=O) groups is 2. The maximum absolute atomic E-state index is 12.5. The number of aryl methyl sites for hydroxylation is 2. The first-order valence-electron chi connectivity index (χ1n) is 9.25. The molecule has 28 heavy (non-hydrogen) atoms. The molecule has 2 rings (SSSR count). The quantitative estimate of drug-likeness (QED) is 0.413. The highest BCUT2D eigenvalue weighted by Crippen LogP contribution is 2.22. The third-order valence-electron chi connectivity index (χ3n) is 4.28. The number of hydrogen-bond acceptors (Lipinski definition) is 6. The number of rotatable bonds is 8. The van der Waals surface area contributed by atoms with Crippen molar-refractivity contribution in [2.75, 3.05) is 6.61 Å². The van der Waals surface area contributed by atoms with Crippen LogP contribution in [-0.2, 0) is 15.3 Å². The fraction of sp³-hybridized carbons (Fsp3) is 0.429. The van der Waals surface area contributed by atoms with Gasteiger partial charge >= 0.3 is 5.97 Å². The Morgan fingerprint density at radius 2 is 1.75 bits per heavy atom. The van der Waals surface area contributed by atoms with Crippen molar-refractivity contribution in [2.24, 2.45) is 5.92 Å². The summed E-state index contributed by atoms with van der Waals surface area (Å²) in [6, 6.07) is 9.15. The highest BCUT2D eigenvalue weighted by molar-refractivity contribution is 7.98. The molecule has 1 heterocycles. The third-order valence-corrected chi connectivity index (χ3v) is 5.17. The summed E-state index contributed by atoms with van der Waals surface area (Å²) in [6.45, 7) is 9.52. The van der Waals surface area contributed by atoms with Crippen LogP contribution in [0.15, 0.2) is 35.5 Å². The fourth-order valence-electron chi connectivity index (χ4n) is 2.42. The molecule has 0 aliphatic heterocycles. The van der Waals surface area contributed by atoms with Crippen LogP contribution in [0.3, 0.4) is 0 Å². The standard InChI is InChI=1S/C21H27N3O3S/c1-13(2)16(5)24-19(25)11-27-20(26)18-9-7-6-8-17(18)12-28-21-22-14(3)10-15(4)23-21/h6-10,13,16H,11-12H2,1-5H3,(H,24,25)/t16-/m0/s1. The smallest absolute Gasteiger partial charge is 0.338 e. The third kappa shape index (κ3) is 6.64. The van der Waals surface area contributed by atoms with E-state index in [9.17, 15) is 9.59 Å². The molecule has 0 aliphatic rings. The molecule has 7 heteroatoms. The summed E-state index contributed by atoms with van der Waals surface area (Å²) in [6.07, 6.45) is 0. The topological polar surface area (TPSA) is 81.2 Å². The molecule has 0 radical (unpaired) electrons. The number of hydrogen-bond donors (Lipinski definition) is 1. The Bertz CT molecular complexity index is 819. The predicted molar refractivity (Wildman–Crippen MR) is 110 cm³/mol. The normalized spacial score (nSPS) is 11.9. The molecule has 6 nitrogen and oxygen atoms in total. The summed E-state index contributed by atoms with van der Waals surface area (Å²) in [5, 5.41) is 3.49. The van der Waals surface area contributed by atoms with Gasteiger partial charge in [-0.3, -0.25) is 4.79 Å². The van der Waals surface area contributed by atoms with Crippen molar-refractivity contribution < 1.29 is 14.3 Å². The summed E-state index contributed by atoms with van der Waals surface area (Å²) < 4.78 is 5.21. The lowest BCUT2D eigenvalue weighted by Crippen LogP contribution is -2.38. The van der Waals surface area contributed by atoms with Crippen molar-refractivity contribution in [2.45, 2.75) is 51.6 Å². The predicted octanol–water partition coefficient (Wildman–Crippen LogP) is 3.70. The summed E-state index contributed by atoms with van der Waals surface area (Å²) >= 11 is 1.46. The Morgan fingerprint density at radius 3 is 2.39 bits per heavy atom. The minimum atomic E-state index is -0.509. The fourth-order valence-corrected chi connectivity index (χ4v) is 3.37. The first kappa shape index (κ1) is 21.9. The summed E-state index contributed by atoms with van der Waals surface area (Å²) in [5.41, 5.74) is 3.08. The summed E-state index contributed by atoms with van der Waals surface area (Å²) in [4.78, 5) is 33.2. The van der Waals surface area contributed by atoms with E-state index in [0.717, 1.165) is 17.0 Å². The van der Waals surface area contributed by atoms with Gasteiger partial charge in [-0.1, -0.05) is 43.8 Å². The number of thioether (sulfide) groups is 1. The van der Waals surface area contributed by atoms with Gasteiger partial charge in [0.1, 0.15) is 0 Å². The van der Waals surface area contributed by atoms with Crippen molar-refractivity contribution in [1.29, 1.82) is 0 Å². The molecule has 1 aromatic carbocycles. The van der Waals surface area contributed by atoms with E-state index < -0.39 is 5.97 Å². The van der Waals surface area contributed by atoms with Crippen LogP contribution in [0.2, 0.25) is 0 Å². The molecular formula is C21H27N3O3S. The van der Waals surface area contributed by atoms with Crippen molar-refractivity contribution in [3.05, 3.63) is 52.8 Å². The number of esters is 1. The molecule has 0 fully saturated rings. The number of amides is 1. The second-order valence-electron chi connectivity index (χ2n) is 7.06. The average Bonchev–Trinajstić information content (AvgIpc) is 2.63. The van der Waals surface area contributed by atoms with Crippen LogP contribution in [0.25, 0.3) is 0 Å². The van der Waals surface area contributed by atoms with Crippen LogP contribution in [0, 0.1) is 19.8 Å². The molecular weight excluding hydrogens is 374 g/mol. The van der Waals surface area contributed by atoms with Crippen LogP contribution >= 0.6 is 11.8 Å². The number of carbonyl (C=O) groups excluding carboxylic acids is 2. The van der Waals surface area contributed by atoms with Crippen molar-refractivity contribution >= 4 is 23.6 Å². The van der Waals surface area contributed by atoms with Crippen LogP contribution in [0.1, 0.15) is 48.1 Å². The molecule has 0 unspecified atom stereocenters.